The smallest absolute Gasteiger partial charge is 0.268 e. The van der Waals surface area contributed by atoms with Gasteiger partial charge in [0, 0.05) is 18.6 Å². The van der Waals surface area contributed by atoms with E-state index in [1.54, 1.807) is 18.5 Å². The molecule has 124 valence electrons. The van der Waals surface area contributed by atoms with E-state index < -0.39 is 0 Å². The van der Waals surface area contributed by atoms with E-state index in [0.29, 0.717) is 17.7 Å². The molecule has 0 saturated heterocycles. The Morgan fingerprint density at radius 1 is 1.32 bits per heavy atom. The molecular formula is C20H18N4O. The van der Waals surface area contributed by atoms with Crippen molar-refractivity contribution in [1.82, 2.24) is 15.3 Å². The molecule has 0 radical (unpaired) electrons. The monoisotopic (exact) mass is 330 g/mol. The summed E-state index contributed by atoms with van der Waals surface area (Å²) in [6.07, 6.45) is 5.64. The lowest BCUT2D eigenvalue weighted by atomic mass is 9.99. The quantitative estimate of drug-likeness (QED) is 0.753. The van der Waals surface area contributed by atoms with E-state index in [1.165, 1.54) is 11.8 Å². The summed E-state index contributed by atoms with van der Waals surface area (Å²) in [7, 11) is 0. The van der Waals surface area contributed by atoms with Crippen molar-refractivity contribution in [1.29, 1.82) is 5.26 Å². The van der Waals surface area contributed by atoms with Crippen molar-refractivity contribution in [3.05, 3.63) is 89.0 Å². The van der Waals surface area contributed by atoms with Gasteiger partial charge in [0.15, 0.2) is 0 Å². The van der Waals surface area contributed by atoms with Crippen molar-refractivity contribution in [2.45, 2.75) is 19.4 Å². The molecule has 5 nitrogen and oxygen atoms in total. The summed E-state index contributed by atoms with van der Waals surface area (Å²) in [5.41, 5.74) is 4.06. The van der Waals surface area contributed by atoms with Crippen molar-refractivity contribution in [2.75, 3.05) is 0 Å². The van der Waals surface area contributed by atoms with Crippen LogP contribution in [0.1, 0.15) is 38.8 Å². The third-order valence-electron chi connectivity index (χ3n) is 4.01. The molecule has 0 aliphatic carbocycles. The largest absolute Gasteiger partial charge is 0.356 e. The molecule has 0 unspecified atom stereocenters. The maximum atomic E-state index is 12.5. The number of H-pyrrole nitrogens is 1. The Bertz CT molecular complexity index is 891. The molecule has 0 bridgehead atoms. The molecule has 0 aliphatic heterocycles. The maximum Gasteiger partial charge on any atom is 0.268 e. The highest BCUT2D eigenvalue weighted by molar-refractivity contribution is 5.93. The minimum Gasteiger partial charge on any atom is -0.356 e. The topological polar surface area (TPSA) is 81.6 Å². The van der Waals surface area contributed by atoms with E-state index in [9.17, 15) is 4.79 Å². The molecule has 1 atom stereocenters. The predicted octanol–water partition coefficient (Wildman–Crippen LogP) is 3.30. The number of aromatic nitrogens is 2. The lowest BCUT2D eigenvalue weighted by Gasteiger charge is -2.19. The second-order valence-corrected chi connectivity index (χ2v) is 5.92. The number of aryl methyl sites for hydroxylation is 1. The molecule has 2 heterocycles. The zero-order chi connectivity index (χ0) is 17.6. The summed E-state index contributed by atoms with van der Waals surface area (Å²) in [6, 6.07) is 15.4. The molecule has 1 amide bonds. The van der Waals surface area contributed by atoms with Crippen LogP contribution in [-0.4, -0.2) is 15.9 Å². The number of amides is 1. The number of hydrogen-bond donors (Lipinski definition) is 2. The van der Waals surface area contributed by atoms with E-state index in [2.05, 4.69) is 39.6 Å². The summed E-state index contributed by atoms with van der Waals surface area (Å²) < 4.78 is 0. The number of hydrogen-bond acceptors (Lipinski definition) is 3. The third-order valence-corrected chi connectivity index (χ3v) is 4.01. The molecule has 5 heteroatoms. The van der Waals surface area contributed by atoms with Crippen LogP contribution in [0.2, 0.25) is 0 Å². The van der Waals surface area contributed by atoms with Gasteiger partial charge in [-0.3, -0.25) is 9.78 Å². The van der Waals surface area contributed by atoms with Gasteiger partial charge in [0.25, 0.3) is 5.91 Å². The minimum absolute atomic E-state index is 0.210. The highest BCUT2D eigenvalue weighted by Gasteiger charge is 2.18. The van der Waals surface area contributed by atoms with Crippen molar-refractivity contribution in [2.24, 2.45) is 0 Å². The average Bonchev–Trinajstić information content (AvgIpc) is 3.13. The van der Waals surface area contributed by atoms with Gasteiger partial charge in [0.05, 0.1) is 11.6 Å². The van der Waals surface area contributed by atoms with Crippen LogP contribution in [0.15, 0.2) is 61.1 Å². The van der Waals surface area contributed by atoms with Gasteiger partial charge in [-0.05, 0) is 36.6 Å². The molecule has 3 aromatic rings. The second kappa shape index (κ2) is 7.45. The first-order valence-corrected chi connectivity index (χ1v) is 8.00. The molecule has 2 N–H and O–H groups in total. The number of nitrogens with one attached hydrogen (secondary N) is 2. The highest BCUT2D eigenvalue weighted by Crippen LogP contribution is 2.19. The highest BCUT2D eigenvalue weighted by atomic mass is 16.1. The van der Waals surface area contributed by atoms with Crippen LogP contribution in [0.25, 0.3) is 0 Å². The fourth-order valence-corrected chi connectivity index (χ4v) is 2.62. The Morgan fingerprint density at radius 3 is 2.76 bits per heavy atom. The molecule has 2 aromatic heterocycles. The van der Waals surface area contributed by atoms with E-state index in [-0.39, 0.29) is 11.9 Å². The van der Waals surface area contributed by atoms with Crippen LogP contribution >= 0.6 is 0 Å². The first-order valence-electron chi connectivity index (χ1n) is 8.00. The molecule has 0 fully saturated rings. The van der Waals surface area contributed by atoms with Crippen LogP contribution in [0.3, 0.4) is 0 Å². The Kier molecular flexibility index (Phi) is 4.91. The second-order valence-electron chi connectivity index (χ2n) is 5.92. The fraction of sp³-hybridized carbons (Fsp3) is 0.150. The lowest BCUT2D eigenvalue weighted by Crippen LogP contribution is -2.30. The van der Waals surface area contributed by atoms with E-state index in [1.807, 2.05) is 25.1 Å². The third kappa shape index (κ3) is 4.12. The predicted molar refractivity (Wildman–Crippen MR) is 94.8 cm³/mol. The average molecular weight is 330 g/mol. The van der Waals surface area contributed by atoms with E-state index in [4.69, 9.17) is 5.26 Å². The number of pyridine rings is 1. The van der Waals surface area contributed by atoms with Gasteiger partial charge in [-0.1, -0.05) is 35.9 Å². The van der Waals surface area contributed by atoms with Gasteiger partial charge in [-0.25, -0.2) is 0 Å². The van der Waals surface area contributed by atoms with Crippen LogP contribution in [0.5, 0.6) is 0 Å². The van der Waals surface area contributed by atoms with E-state index in [0.717, 1.165) is 11.1 Å². The van der Waals surface area contributed by atoms with Crippen molar-refractivity contribution < 1.29 is 4.79 Å². The van der Waals surface area contributed by atoms with Crippen molar-refractivity contribution >= 4 is 5.91 Å². The lowest BCUT2D eigenvalue weighted by molar-refractivity contribution is 0.0932. The fourth-order valence-electron chi connectivity index (χ4n) is 2.62. The van der Waals surface area contributed by atoms with Crippen molar-refractivity contribution in [3.8, 4) is 6.07 Å². The summed E-state index contributed by atoms with van der Waals surface area (Å²) in [5.74, 6) is -0.248. The van der Waals surface area contributed by atoms with Crippen LogP contribution in [-0.2, 0) is 6.42 Å². The number of rotatable bonds is 5. The van der Waals surface area contributed by atoms with E-state index >= 15 is 0 Å². The summed E-state index contributed by atoms with van der Waals surface area (Å²) >= 11 is 0. The number of nitriles is 1. The molecule has 3 rings (SSSR count). The van der Waals surface area contributed by atoms with Crippen LogP contribution in [0, 0.1) is 18.3 Å². The first kappa shape index (κ1) is 16.5. The molecule has 25 heavy (non-hydrogen) atoms. The van der Waals surface area contributed by atoms with Crippen LogP contribution in [0.4, 0.5) is 0 Å². The SMILES string of the molecule is Cc1ccc(C[C@H](NC(=O)c2cc(C#N)c[nH]2)c2cccnc2)cc1. The Morgan fingerprint density at radius 2 is 2.12 bits per heavy atom. The van der Waals surface area contributed by atoms with Gasteiger partial charge >= 0.3 is 0 Å². The van der Waals surface area contributed by atoms with Crippen LogP contribution < -0.4 is 5.32 Å². The van der Waals surface area contributed by atoms with Gasteiger partial charge < -0.3 is 10.3 Å². The first-order chi connectivity index (χ1) is 12.2. The number of benzene rings is 1. The van der Waals surface area contributed by atoms with Gasteiger partial charge in [-0.2, -0.15) is 5.26 Å². The summed E-state index contributed by atoms with van der Waals surface area (Å²) in [4.78, 5) is 19.5. The molecule has 0 saturated carbocycles. The van der Waals surface area contributed by atoms with Crippen molar-refractivity contribution in [3.63, 3.8) is 0 Å². The molecule has 0 spiro atoms. The number of nitrogens with zero attached hydrogens (tertiary/aromatic N) is 2. The summed E-state index contributed by atoms with van der Waals surface area (Å²) in [6.45, 7) is 2.04. The van der Waals surface area contributed by atoms with Gasteiger partial charge in [0.2, 0.25) is 0 Å². The molecular weight excluding hydrogens is 312 g/mol. The standard InChI is InChI=1S/C20H18N4O/c1-14-4-6-15(7-5-14)9-18(17-3-2-8-22-13-17)24-20(25)19-10-16(11-21)12-23-19/h2-8,10,12-13,18,23H,9H2,1H3,(H,24,25)/t18-/m0/s1. The zero-order valence-electron chi connectivity index (χ0n) is 13.9. The Balaban J connectivity index is 1.82. The Hall–Kier alpha value is -3.39. The summed E-state index contributed by atoms with van der Waals surface area (Å²) in [5, 5.41) is 11.9. The molecule has 1 aromatic carbocycles. The number of aromatic amines is 1. The van der Waals surface area contributed by atoms with Gasteiger partial charge in [0.1, 0.15) is 11.8 Å². The Labute approximate surface area is 146 Å². The maximum absolute atomic E-state index is 12.5. The minimum atomic E-state index is -0.248. The number of carbonyl (C=O) groups is 1. The molecule has 0 aliphatic rings. The zero-order valence-corrected chi connectivity index (χ0v) is 13.9. The number of carbonyl (C=O) groups excluding carboxylic acids is 1. The van der Waals surface area contributed by atoms with Gasteiger partial charge in [-0.15, -0.1) is 0 Å². The normalized spacial score (nSPS) is 11.5.